The van der Waals surface area contributed by atoms with E-state index in [2.05, 4.69) is 5.32 Å². The maximum Gasteiger partial charge on any atom is 0.147 e. The first kappa shape index (κ1) is 12.9. The quantitative estimate of drug-likeness (QED) is 0.635. The van der Waals surface area contributed by atoms with Gasteiger partial charge in [0, 0.05) is 18.6 Å². The molecule has 0 rings (SSSR count). The molecule has 80 valence electrons. The molecule has 0 radical (unpaired) electrons. The minimum absolute atomic E-state index is 0.146. The topological polar surface area (TPSA) is 66.4 Å². The molecule has 0 aliphatic rings. The Hall–Kier alpha value is -0.130. The Morgan fingerprint density at radius 3 is 2.38 bits per heavy atom. The van der Waals surface area contributed by atoms with Gasteiger partial charge in [0.25, 0.3) is 0 Å². The first-order valence-electron chi connectivity index (χ1n) is 4.31. The van der Waals surface area contributed by atoms with E-state index in [1.807, 2.05) is 0 Å². The van der Waals surface area contributed by atoms with E-state index in [0.29, 0.717) is 19.4 Å². The second-order valence-electron chi connectivity index (χ2n) is 3.76. The zero-order valence-electron chi connectivity index (χ0n) is 8.50. The molecular weight excluding hydrogens is 190 g/mol. The number of hydrogen-bond acceptors (Lipinski definition) is 4. The minimum atomic E-state index is -2.89. The third-order valence-corrected chi connectivity index (χ3v) is 2.82. The average molecular weight is 209 g/mol. The van der Waals surface area contributed by atoms with E-state index in [-0.39, 0.29) is 5.75 Å². The van der Waals surface area contributed by atoms with Gasteiger partial charge in [-0.15, -0.1) is 0 Å². The molecule has 13 heavy (non-hydrogen) atoms. The number of rotatable bonds is 6. The van der Waals surface area contributed by atoms with Gasteiger partial charge in [-0.2, -0.15) is 0 Å². The SMILES string of the molecule is CNCC(C)(O)CCCS(C)(=O)=O. The molecule has 5 heteroatoms. The monoisotopic (exact) mass is 209 g/mol. The Morgan fingerprint density at radius 2 is 2.00 bits per heavy atom. The Balaban J connectivity index is 3.76. The molecule has 1 unspecified atom stereocenters. The van der Waals surface area contributed by atoms with E-state index in [0.717, 1.165) is 0 Å². The number of nitrogens with one attached hydrogen (secondary N) is 1. The van der Waals surface area contributed by atoms with Gasteiger partial charge in [-0.3, -0.25) is 0 Å². The molecule has 0 aromatic heterocycles. The average Bonchev–Trinajstić information content (AvgIpc) is 1.82. The molecular formula is C8H19NO3S. The Bertz CT molecular complexity index is 234. The second kappa shape index (κ2) is 4.93. The molecule has 0 aliphatic carbocycles. The second-order valence-corrected chi connectivity index (χ2v) is 6.02. The number of aliphatic hydroxyl groups is 1. The van der Waals surface area contributed by atoms with E-state index < -0.39 is 15.4 Å². The van der Waals surface area contributed by atoms with Gasteiger partial charge in [0.2, 0.25) is 0 Å². The number of hydrogen-bond donors (Lipinski definition) is 2. The normalized spacial score (nSPS) is 16.9. The van der Waals surface area contributed by atoms with Crippen molar-refractivity contribution in [2.75, 3.05) is 25.6 Å². The molecule has 2 N–H and O–H groups in total. The van der Waals surface area contributed by atoms with Crippen molar-refractivity contribution in [3.05, 3.63) is 0 Å². The fourth-order valence-electron chi connectivity index (χ4n) is 1.18. The van der Waals surface area contributed by atoms with Gasteiger partial charge in [0.1, 0.15) is 9.84 Å². The standard InChI is InChI=1S/C8H19NO3S/c1-8(10,7-9-2)5-4-6-13(3,11)12/h9-10H,4-7H2,1-3H3. The van der Waals surface area contributed by atoms with Crippen LogP contribution in [-0.4, -0.2) is 44.7 Å². The summed E-state index contributed by atoms with van der Waals surface area (Å²) in [7, 11) is -1.14. The molecule has 0 amide bonds. The Kier molecular flexibility index (Phi) is 4.88. The summed E-state index contributed by atoms with van der Waals surface area (Å²) in [6, 6.07) is 0. The molecule has 0 saturated heterocycles. The number of sulfone groups is 1. The molecule has 0 heterocycles. The van der Waals surface area contributed by atoms with Crippen molar-refractivity contribution in [3.8, 4) is 0 Å². The fraction of sp³-hybridized carbons (Fsp3) is 1.00. The lowest BCUT2D eigenvalue weighted by molar-refractivity contribution is 0.0523. The van der Waals surface area contributed by atoms with Crippen molar-refractivity contribution < 1.29 is 13.5 Å². The summed E-state index contributed by atoms with van der Waals surface area (Å²) in [5.74, 6) is 0.146. The van der Waals surface area contributed by atoms with Gasteiger partial charge in [-0.25, -0.2) is 8.42 Å². The lowest BCUT2D eigenvalue weighted by atomic mass is 10.0. The van der Waals surface area contributed by atoms with E-state index >= 15 is 0 Å². The van der Waals surface area contributed by atoms with Crippen LogP contribution in [0.4, 0.5) is 0 Å². The van der Waals surface area contributed by atoms with Crippen LogP contribution in [0.2, 0.25) is 0 Å². The highest BCUT2D eigenvalue weighted by molar-refractivity contribution is 7.90. The van der Waals surface area contributed by atoms with Crippen molar-refractivity contribution in [3.63, 3.8) is 0 Å². The van der Waals surface area contributed by atoms with E-state index in [4.69, 9.17) is 0 Å². The predicted octanol–water partition coefficient (Wildman–Crippen LogP) is -0.218. The van der Waals surface area contributed by atoms with Gasteiger partial charge in [0.15, 0.2) is 0 Å². The van der Waals surface area contributed by atoms with Crippen molar-refractivity contribution in [1.29, 1.82) is 0 Å². The molecule has 1 atom stereocenters. The van der Waals surface area contributed by atoms with Gasteiger partial charge in [0.05, 0.1) is 5.60 Å². The third kappa shape index (κ3) is 8.21. The lowest BCUT2D eigenvalue weighted by Gasteiger charge is -2.22. The van der Waals surface area contributed by atoms with Gasteiger partial charge in [-0.05, 0) is 26.8 Å². The summed E-state index contributed by atoms with van der Waals surface area (Å²) < 4.78 is 21.6. The summed E-state index contributed by atoms with van der Waals surface area (Å²) in [5.41, 5.74) is -0.806. The molecule has 0 spiro atoms. The smallest absolute Gasteiger partial charge is 0.147 e. The van der Waals surface area contributed by atoms with Gasteiger partial charge >= 0.3 is 0 Å². The van der Waals surface area contributed by atoms with Crippen LogP contribution in [0.5, 0.6) is 0 Å². The first-order chi connectivity index (χ1) is 5.77. The van der Waals surface area contributed by atoms with Crippen molar-refractivity contribution in [1.82, 2.24) is 5.32 Å². The first-order valence-corrected chi connectivity index (χ1v) is 6.38. The maximum atomic E-state index is 10.8. The minimum Gasteiger partial charge on any atom is -0.389 e. The Labute approximate surface area is 80.3 Å². The van der Waals surface area contributed by atoms with Crippen LogP contribution < -0.4 is 5.32 Å². The highest BCUT2D eigenvalue weighted by Gasteiger charge is 2.19. The summed E-state index contributed by atoms with van der Waals surface area (Å²) >= 11 is 0. The van der Waals surface area contributed by atoms with Crippen molar-refractivity contribution in [2.24, 2.45) is 0 Å². The molecule has 0 aromatic rings. The molecule has 4 nitrogen and oxygen atoms in total. The molecule has 0 bridgehead atoms. The summed E-state index contributed by atoms with van der Waals surface area (Å²) in [6.07, 6.45) is 2.22. The lowest BCUT2D eigenvalue weighted by Crippen LogP contribution is -2.36. The van der Waals surface area contributed by atoms with Crippen LogP contribution in [0.15, 0.2) is 0 Å². The molecule has 0 saturated carbocycles. The summed E-state index contributed by atoms with van der Waals surface area (Å²) in [5, 5.41) is 12.5. The Morgan fingerprint density at radius 1 is 1.46 bits per heavy atom. The van der Waals surface area contributed by atoms with Crippen LogP contribution in [0.25, 0.3) is 0 Å². The van der Waals surface area contributed by atoms with Crippen LogP contribution in [0, 0.1) is 0 Å². The third-order valence-electron chi connectivity index (χ3n) is 1.79. The zero-order chi connectivity index (χ0) is 10.5. The predicted molar refractivity (Wildman–Crippen MR) is 53.5 cm³/mol. The van der Waals surface area contributed by atoms with Gasteiger partial charge in [-0.1, -0.05) is 0 Å². The molecule has 0 aliphatic heterocycles. The van der Waals surface area contributed by atoms with Crippen molar-refractivity contribution >= 4 is 9.84 Å². The highest BCUT2D eigenvalue weighted by atomic mass is 32.2. The highest BCUT2D eigenvalue weighted by Crippen LogP contribution is 2.11. The molecule has 0 aromatic carbocycles. The number of likely N-dealkylation sites (N-methyl/N-ethyl adjacent to an activating group) is 1. The molecule has 0 fully saturated rings. The zero-order valence-corrected chi connectivity index (χ0v) is 9.32. The van der Waals surface area contributed by atoms with E-state index in [1.54, 1.807) is 14.0 Å². The van der Waals surface area contributed by atoms with E-state index in [1.165, 1.54) is 6.26 Å². The summed E-state index contributed by atoms with van der Waals surface area (Å²) in [6.45, 7) is 2.18. The largest absolute Gasteiger partial charge is 0.389 e. The van der Waals surface area contributed by atoms with Crippen LogP contribution in [0.3, 0.4) is 0 Å². The van der Waals surface area contributed by atoms with Crippen LogP contribution in [-0.2, 0) is 9.84 Å². The van der Waals surface area contributed by atoms with Crippen LogP contribution >= 0.6 is 0 Å². The van der Waals surface area contributed by atoms with Crippen LogP contribution in [0.1, 0.15) is 19.8 Å². The fourth-order valence-corrected chi connectivity index (χ4v) is 1.85. The van der Waals surface area contributed by atoms with Crippen molar-refractivity contribution in [2.45, 2.75) is 25.4 Å². The van der Waals surface area contributed by atoms with E-state index in [9.17, 15) is 13.5 Å². The summed E-state index contributed by atoms with van der Waals surface area (Å²) in [4.78, 5) is 0. The maximum absolute atomic E-state index is 10.8. The van der Waals surface area contributed by atoms with Gasteiger partial charge < -0.3 is 10.4 Å².